The fourth-order valence-electron chi connectivity index (χ4n) is 2.87. The summed E-state index contributed by atoms with van der Waals surface area (Å²) in [6.07, 6.45) is 9.78. The number of anilines is 1. The van der Waals surface area contributed by atoms with Gasteiger partial charge in [-0.25, -0.2) is 4.98 Å². The van der Waals surface area contributed by atoms with Crippen LogP contribution < -0.4 is 10.9 Å². The maximum absolute atomic E-state index is 12.0. The van der Waals surface area contributed by atoms with E-state index in [0.29, 0.717) is 17.8 Å². The lowest BCUT2D eigenvalue weighted by Crippen LogP contribution is -2.30. The van der Waals surface area contributed by atoms with Gasteiger partial charge >= 0.3 is 0 Å². The maximum Gasteiger partial charge on any atom is 0.293 e. The normalized spacial score (nSPS) is 17.9. The number of hydrogen-bond acceptors (Lipinski definition) is 3. The Hall–Kier alpha value is -1.32. The van der Waals surface area contributed by atoms with Crippen molar-refractivity contribution in [2.24, 2.45) is 5.41 Å². The van der Waals surface area contributed by atoms with Crippen molar-refractivity contribution in [2.75, 3.05) is 11.9 Å². The molecule has 1 aliphatic rings. The van der Waals surface area contributed by atoms with Crippen LogP contribution in [0.5, 0.6) is 0 Å². The summed E-state index contributed by atoms with van der Waals surface area (Å²) in [5.74, 6) is 0.499. The van der Waals surface area contributed by atoms with Crippen molar-refractivity contribution < 1.29 is 0 Å². The number of aryl methyl sites for hydroxylation is 1. The molecule has 0 amide bonds. The van der Waals surface area contributed by atoms with Gasteiger partial charge in [0, 0.05) is 25.5 Å². The third kappa shape index (κ3) is 2.57. The first-order valence-electron chi connectivity index (χ1n) is 7.00. The average molecular weight is 249 g/mol. The molecule has 0 radical (unpaired) electrons. The molecule has 0 saturated heterocycles. The molecule has 0 atom stereocenters. The number of nitrogens with zero attached hydrogens (tertiary/aromatic N) is 2. The Balaban J connectivity index is 2.08. The Morgan fingerprint density at radius 1 is 1.39 bits per heavy atom. The van der Waals surface area contributed by atoms with Crippen LogP contribution in [-0.4, -0.2) is 16.1 Å². The molecule has 4 heteroatoms. The summed E-state index contributed by atoms with van der Waals surface area (Å²) in [6.45, 7) is 5.78. The average Bonchev–Trinajstić information content (AvgIpc) is 2.87. The van der Waals surface area contributed by atoms with E-state index in [1.807, 2.05) is 6.92 Å². The number of rotatable bonds is 5. The van der Waals surface area contributed by atoms with Crippen LogP contribution in [-0.2, 0) is 6.54 Å². The van der Waals surface area contributed by atoms with Gasteiger partial charge < -0.3 is 9.88 Å². The molecule has 1 saturated carbocycles. The molecule has 0 aromatic carbocycles. The van der Waals surface area contributed by atoms with Gasteiger partial charge in [-0.05, 0) is 31.6 Å². The topological polar surface area (TPSA) is 46.9 Å². The van der Waals surface area contributed by atoms with Gasteiger partial charge in [-0.1, -0.05) is 19.8 Å². The Morgan fingerprint density at radius 3 is 2.72 bits per heavy atom. The van der Waals surface area contributed by atoms with E-state index in [-0.39, 0.29) is 5.56 Å². The van der Waals surface area contributed by atoms with Crippen molar-refractivity contribution in [1.82, 2.24) is 9.55 Å². The van der Waals surface area contributed by atoms with Crippen molar-refractivity contribution in [1.29, 1.82) is 0 Å². The van der Waals surface area contributed by atoms with E-state index in [9.17, 15) is 4.79 Å². The highest BCUT2D eigenvalue weighted by atomic mass is 16.1. The third-order valence-corrected chi connectivity index (χ3v) is 4.30. The fourth-order valence-corrected chi connectivity index (χ4v) is 2.87. The molecule has 0 spiro atoms. The van der Waals surface area contributed by atoms with E-state index in [1.165, 1.54) is 32.1 Å². The van der Waals surface area contributed by atoms with Crippen molar-refractivity contribution in [3.8, 4) is 0 Å². The molecular weight excluding hydrogens is 226 g/mol. The number of hydrogen-bond donors (Lipinski definition) is 1. The minimum atomic E-state index is -0.00995. The lowest BCUT2D eigenvalue weighted by molar-refractivity contribution is 0.306. The molecule has 4 nitrogen and oxygen atoms in total. The van der Waals surface area contributed by atoms with Crippen LogP contribution in [0.25, 0.3) is 0 Å². The van der Waals surface area contributed by atoms with Gasteiger partial charge in [-0.15, -0.1) is 0 Å². The van der Waals surface area contributed by atoms with Gasteiger partial charge in [0.15, 0.2) is 5.82 Å². The second kappa shape index (κ2) is 5.55. The zero-order valence-electron chi connectivity index (χ0n) is 11.4. The van der Waals surface area contributed by atoms with E-state index < -0.39 is 0 Å². The van der Waals surface area contributed by atoms with E-state index >= 15 is 0 Å². The molecule has 0 unspecified atom stereocenters. The molecule has 2 rings (SSSR count). The molecular formula is C14H23N3O. The van der Waals surface area contributed by atoms with Crippen LogP contribution >= 0.6 is 0 Å². The summed E-state index contributed by atoms with van der Waals surface area (Å²) in [6, 6.07) is 0. The highest BCUT2D eigenvalue weighted by molar-refractivity contribution is 5.31. The summed E-state index contributed by atoms with van der Waals surface area (Å²) in [4.78, 5) is 16.2. The van der Waals surface area contributed by atoms with Crippen LogP contribution in [0.15, 0.2) is 17.2 Å². The maximum atomic E-state index is 12.0. The van der Waals surface area contributed by atoms with Gasteiger partial charge in [-0.3, -0.25) is 4.79 Å². The summed E-state index contributed by atoms with van der Waals surface area (Å²) in [5.41, 5.74) is 0.366. The van der Waals surface area contributed by atoms with Crippen molar-refractivity contribution >= 4 is 5.82 Å². The summed E-state index contributed by atoms with van der Waals surface area (Å²) in [5, 5.41) is 3.28. The number of nitrogens with one attached hydrogen (secondary N) is 1. The van der Waals surface area contributed by atoms with Gasteiger partial charge in [0.05, 0.1) is 0 Å². The highest BCUT2D eigenvalue weighted by Crippen LogP contribution is 2.40. The summed E-state index contributed by atoms with van der Waals surface area (Å²) in [7, 11) is 0. The molecule has 100 valence electrons. The SMILES string of the molecule is CCn1ccnc(NCC2(CC)CCCC2)c1=O. The van der Waals surface area contributed by atoms with E-state index in [4.69, 9.17) is 0 Å². The van der Waals surface area contributed by atoms with E-state index in [0.717, 1.165) is 6.54 Å². The molecule has 1 N–H and O–H groups in total. The van der Waals surface area contributed by atoms with Crippen molar-refractivity contribution in [2.45, 2.75) is 52.5 Å². The molecule has 0 aliphatic heterocycles. The molecule has 0 bridgehead atoms. The first-order valence-corrected chi connectivity index (χ1v) is 7.00. The van der Waals surface area contributed by atoms with Crippen LogP contribution in [0.2, 0.25) is 0 Å². The first kappa shape index (κ1) is 13.1. The lowest BCUT2D eigenvalue weighted by atomic mass is 9.83. The molecule has 1 fully saturated rings. The van der Waals surface area contributed by atoms with Crippen molar-refractivity contribution in [3.63, 3.8) is 0 Å². The van der Waals surface area contributed by atoms with Crippen LogP contribution in [0, 0.1) is 5.41 Å². The van der Waals surface area contributed by atoms with Gasteiger partial charge in [0.2, 0.25) is 0 Å². The lowest BCUT2D eigenvalue weighted by Gasteiger charge is -2.27. The predicted molar refractivity (Wildman–Crippen MR) is 73.9 cm³/mol. The monoisotopic (exact) mass is 249 g/mol. The van der Waals surface area contributed by atoms with Crippen LogP contribution in [0.3, 0.4) is 0 Å². The van der Waals surface area contributed by atoms with Crippen molar-refractivity contribution in [3.05, 3.63) is 22.7 Å². The van der Waals surface area contributed by atoms with Crippen LogP contribution in [0.1, 0.15) is 46.0 Å². The zero-order chi connectivity index (χ0) is 13.0. The van der Waals surface area contributed by atoms with Gasteiger partial charge in [0.1, 0.15) is 0 Å². The Kier molecular flexibility index (Phi) is 4.04. The summed E-state index contributed by atoms with van der Waals surface area (Å²) < 4.78 is 1.68. The Morgan fingerprint density at radius 2 is 2.11 bits per heavy atom. The number of aromatic nitrogens is 2. The minimum absolute atomic E-state index is 0.00995. The second-order valence-corrected chi connectivity index (χ2v) is 5.28. The molecule has 1 aromatic rings. The standard InChI is InChI=1S/C14H23N3O/c1-3-14(7-5-6-8-14)11-16-12-13(18)17(4-2)10-9-15-12/h9-10H,3-8,11H2,1-2H3,(H,15,16). The predicted octanol–water partition coefficient (Wildman–Crippen LogP) is 2.65. The minimum Gasteiger partial charge on any atom is -0.365 e. The van der Waals surface area contributed by atoms with Gasteiger partial charge in [-0.2, -0.15) is 0 Å². The van der Waals surface area contributed by atoms with E-state index in [2.05, 4.69) is 17.2 Å². The second-order valence-electron chi connectivity index (χ2n) is 5.28. The highest BCUT2D eigenvalue weighted by Gasteiger charge is 2.31. The molecule has 1 aliphatic carbocycles. The smallest absolute Gasteiger partial charge is 0.293 e. The summed E-state index contributed by atoms with van der Waals surface area (Å²) >= 11 is 0. The zero-order valence-corrected chi connectivity index (χ0v) is 11.4. The molecule has 1 heterocycles. The quantitative estimate of drug-likeness (QED) is 0.872. The fraction of sp³-hybridized carbons (Fsp3) is 0.714. The molecule has 18 heavy (non-hydrogen) atoms. The first-order chi connectivity index (χ1) is 8.71. The van der Waals surface area contributed by atoms with Gasteiger partial charge in [0.25, 0.3) is 5.56 Å². The van der Waals surface area contributed by atoms with E-state index in [1.54, 1.807) is 17.0 Å². The van der Waals surface area contributed by atoms with Crippen LogP contribution in [0.4, 0.5) is 5.82 Å². The Labute approximate surface area is 108 Å². The molecule has 1 aromatic heterocycles. The largest absolute Gasteiger partial charge is 0.365 e. The third-order valence-electron chi connectivity index (χ3n) is 4.30. The Bertz CT molecular complexity index is 447.